The molecule has 1 aromatic carbocycles. The van der Waals surface area contributed by atoms with Crippen LogP contribution in [0.1, 0.15) is 12.5 Å². The zero-order valence-electron chi connectivity index (χ0n) is 10.2. The zero-order valence-corrected chi connectivity index (χ0v) is 10.2. The molecular weight excluding hydrogens is 226 g/mol. The monoisotopic (exact) mass is 241 g/mol. The van der Waals surface area contributed by atoms with Crippen LogP contribution in [-0.2, 0) is 11.3 Å². The molecule has 0 bridgehead atoms. The molecule has 0 saturated carbocycles. The Balaban J connectivity index is 1.94. The molecule has 2 aromatic rings. The van der Waals surface area contributed by atoms with E-state index in [4.69, 9.17) is 0 Å². The van der Waals surface area contributed by atoms with Crippen molar-refractivity contribution < 1.29 is 4.79 Å². The minimum atomic E-state index is -0.180. The number of carbonyl (C=O) groups excluding carboxylic acids is 1. The first kappa shape index (κ1) is 12.1. The molecule has 0 atom stereocenters. The molecule has 0 aliphatic heterocycles. The first-order valence-corrected chi connectivity index (χ1v) is 5.85. The van der Waals surface area contributed by atoms with E-state index in [0.29, 0.717) is 5.82 Å². The minimum Gasteiger partial charge on any atom is -0.306 e. The molecule has 0 aliphatic carbocycles. The van der Waals surface area contributed by atoms with E-state index in [0.717, 1.165) is 12.1 Å². The average Bonchev–Trinajstić information content (AvgIpc) is 2.85. The maximum absolute atomic E-state index is 11.6. The summed E-state index contributed by atoms with van der Waals surface area (Å²) in [5.41, 5.74) is 0.992. The summed E-state index contributed by atoms with van der Waals surface area (Å²) in [6, 6.07) is 11.5. The Hall–Kier alpha value is -2.36. The molecule has 4 heteroatoms. The van der Waals surface area contributed by atoms with Crippen LogP contribution in [0.25, 0.3) is 6.08 Å². The summed E-state index contributed by atoms with van der Waals surface area (Å²) < 4.78 is 1.76. The number of nitrogens with one attached hydrogen (secondary N) is 1. The molecule has 1 aromatic heterocycles. The van der Waals surface area contributed by atoms with Gasteiger partial charge in [-0.1, -0.05) is 30.3 Å². The summed E-state index contributed by atoms with van der Waals surface area (Å²) >= 11 is 0. The molecule has 2 rings (SSSR count). The average molecular weight is 241 g/mol. The van der Waals surface area contributed by atoms with Crippen LogP contribution in [0.3, 0.4) is 0 Å². The molecule has 1 heterocycles. The van der Waals surface area contributed by atoms with Crippen LogP contribution in [0.4, 0.5) is 5.82 Å². The Morgan fingerprint density at radius 1 is 1.33 bits per heavy atom. The number of anilines is 1. The normalized spacial score (nSPS) is 10.7. The summed E-state index contributed by atoms with van der Waals surface area (Å²) in [4.78, 5) is 11.6. The summed E-state index contributed by atoms with van der Waals surface area (Å²) in [6.45, 7) is 2.78. The van der Waals surface area contributed by atoms with Crippen molar-refractivity contribution >= 4 is 17.8 Å². The fourth-order valence-corrected chi connectivity index (χ4v) is 1.51. The highest BCUT2D eigenvalue weighted by atomic mass is 16.1. The molecule has 0 radical (unpaired) electrons. The SMILES string of the molecule is CCn1ccc(NC(=O)/C=C/c2ccccc2)n1. The number of rotatable bonds is 4. The van der Waals surface area contributed by atoms with E-state index in [9.17, 15) is 4.79 Å². The number of hydrogen-bond donors (Lipinski definition) is 1. The topological polar surface area (TPSA) is 46.9 Å². The number of aromatic nitrogens is 2. The predicted octanol–water partition coefficient (Wildman–Crippen LogP) is 2.55. The number of carbonyl (C=O) groups is 1. The van der Waals surface area contributed by atoms with Crippen LogP contribution in [0.2, 0.25) is 0 Å². The van der Waals surface area contributed by atoms with Gasteiger partial charge in [0.15, 0.2) is 5.82 Å². The Labute approximate surface area is 106 Å². The molecule has 18 heavy (non-hydrogen) atoms. The van der Waals surface area contributed by atoms with Crippen molar-refractivity contribution in [1.29, 1.82) is 0 Å². The molecule has 4 nitrogen and oxygen atoms in total. The lowest BCUT2D eigenvalue weighted by molar-refractivity contribution is -0.111. The van der Waals surface area contributed by atoms with Gasteiger partial charge in [-0.3, -0.25) is 9.48 Å². The maximum Gasteiger partial charge on any atom is 0.249 e. The zero-order chi connectivity index (χ0) is 12.8. The van der Waals surface area contributed by atoms with E-state index in [1.165, 1.54) is 6.08 Å². The van der Waals surface area contributed by atoms with Gasteiger partial charge in [0.25, 0.3) is 0 Å². The molecule has 1 amide bonds. The second-order valence-electron chi connectivity index (χ2n) is 3.79. The smallest absolute Gasteiger partial charge is 0.249 e. The Morgan fingerprint density at radius 2 is 2.11 bits per heavy atom. The van der Waals surface area contributed by atoms with Crippen molar-refractivity contribution in [3.8, 4) is 0 Å². The summed E-state index contributed by atoms with van der Waals surface area (Å²) in [6.07, 6.45) is 5.10. The van der Waals surface area contributed by atoms with Crippen molar-refractivity contribution in [3.05, 3.63) is 54.2 Å². The Bertz CT molecular complexity index is 543. The fourth-order valence-electron chi connectivity index (χ4n) is 1.51. The lowest BCUT2D eigenvalue weighted by atomic mass is 10.2. The number of amides is 1. The summed E-state index contributed by atoms with van der Waals surface area (Å²) in [7, 11) is 0. The van der Waals surface area contributed by atoms with Crippen LogP contribution in [-0.4, -0.2) is 15.7 Å². The Kier molecular flexibility index (Phi) is 3.91. The van der Waals surface area contributed by atoms with E-state index in [1.807, 2.05) is 43.5 Å². The van der Waals surface area contributed by atoms with E-state index >= 15 is 0 Å². The van der Waals surface area contributed by atoms with Crippen LogP contribution in [0.15, 0.2) is 48.7 Å². The fraction of sp³-hybridized carbons (Fsp3) is 0.143. The number of nitrogens with zero attached hydrogens (tertiary/aromatic N) is 2. The molecule has 1 N–H and O–H groups in total. The van der Waals surface area contributed by atoms with Gasteiger partial charge in [-0.05, 0) is 18.6 Å². The molecule has 92 valence electrons. The Morgan fingerprint density at radius 3 is 2.78 bits per heavy atom. The van der Waals surface area contributed by atoms with Gasteiger partial charge in [0.05, 0.1) is 0 Å². The first-order chi connectivity index (χ1) is 8.78. The molecule has 0 aliphatic rings. The predicted molar refractivity (Wildman–Crippen MR) is 72.0 cm³/mol. The quantitative estimate of drug-likeness (QED) is 0.836. The maximum atomic E-state index is 11.6. The van der Waals surface area contributed by atoms with Gasteiger partial charge in [0.2, 0.25) is 5.91 Å². The van der Waals surface area contributed by atoms with Gasteiger partial charge in [-0.25, -0.2) is 0 Å². The van der Waals surface area contributed by atoms with Gasteiger partial charge in [0.1, 0.15) is 0 Å². The lowest BCUT2D eigenvalue weighted by Gasteiger charge is -1.97. The van der Waals surface area contributed by atoms with Crippen LogP contribution in [0.5, 0.6) is 0 Å². The van der Waals surface area contributed by atoms with Gasteiger partial charge in [-0.2, -0.15) is 5.10 Å². The van der Waals surface area contributed by atoms with Gasteiger partial charge in [0, 0.05) is 24.9 Å². The van der Waals surface area contributed by atoms with Crippen molar-refractivity contribution in [2.75, 3.05) is 5.32 Å². The second kappa shape index (κ2) is 5.82. The lowest BCUT2D eigenvalue weighted by Crippen LogP contribution is -2.08. The van der Waals surface area contributed by atoms with Crippen LogP contribution < -0.4 is 5.32 Å². The third-order valence-electron chi connectivity index (χ3n) is 2.44. The number of hydrogen-bond acceptors (Lipinski definition) is 2. The van der Waals surface area contributed by atoms with Gasteiger partial charge in [-0.15, -0.1) is 0 Å². The highest BCUT2D eigenvalue weighted by molar-refractivity contribution is 6.01. The van der Waals surface area contributed by atoms with Gasteiger partial charge < -0.3 is 5.32 Å². The standard InChI is InChI=1S/C14H15N3O/c1-2-17-11-10-13(16-17)15-14(18)9-8-12-6-4-3-5-7-12/h3-11H,2H2,1H3,(H,15,16,18)/b9-8+. The van der Waals surface area contributed by atoms with Crippen molar-refractivity contribution in [3.63, 3.8) is 0 Å². The van der Waals surface area contributed by atoms with Crippen LogP contribution >= 0.6 is 0 Å². The van der Waals surface area contributed by atoms with Crippen LogP contribution in [0, 0.1) is 0 Å². The second-order valence-corrected chi connectivity index (χ2v) is 3.79. The molecule has 0 unspecified atom stereocenters. The number of benzene rings is 1. The summed E-state index contributed by atoms with van der Waals surface area (Å²) in [5, 5.41) is 6.88. The van der Waals surface area contributed by atoms with Crippen molar-refractivity contribution in [1.82, 2.24) is 9.78 Å². The molecule has 0 spiro atoms. The molecule has 0 saturated heterocycles. The largest absolute Gasteiger partial charge is 0.306 e. The highest BCUT2D eigenvalue weighted by Gasteiger charge is 2.00. The summed E-state index contributed by atoms with van der Waals surface area (Å²) in [5.74, 6) is 0.389. The minimum absolute atomic E-state index is 0.180. The van der Waals surface area contributed by atoms with Gasteiger partial charge >= 0.3 is 0 Å². The first-order valence-electron chi connectivity index (χ1n) is 5.85. The van der Waals surface area contributed by atoms with E-state index < -0.39 is 0 Å². The van der Waals surface area contributed by atoms with Crippen molar-refractivity contribution in [2.45, 2.75) is 13.5 Å². The third kappa shape index (κ3) is 3.31. The van der Waals surface area contributed by atoms with E-state index in [-0.39, 0.29) is 5.91 Å². The van der Waals surface area contributed by atoms with E-state index in [2.05, 4.69) is 10.4 Å². The highest BCUT2D eigenvalue weighted by Crippen LogP contribution is 2.04. The molecule has 0 fully saturated rings. The third-order valence-corrected chi connectivity index (χ3v) is 2.44. The van der Waals surface area contributed by atoms with E-state index in [1.54, 1.807) is 16.8 Å². The number of aryl methyl sites for hydroxylation is 1. The van der Waals surface area contributed by atoms with Crippen molar-refractivity contribution in [2.24, 2.45) is 0 Å². The molecular formula is C14H15N3O.